The minimum Gasteiger partial charge on any atom is -0.375 e. The molecule has 0 radical (unpaired) electrons. The highest BCUT2D eigenvalue weighted by molar-refractivity contribution is 5.78. The van der Waals surface area contributed by atoms with Crippen LogP contribution < -0.4 is 0 Å². The Kier molecular flexibility index (Phi) is 4.38. The lowest BCUT2D eigenvalue weighted by molar-refractivity contribution is -0.136. The highest BCUT2D eigenvalue weighted by Crippen LogP contribution is 2.31. The Balaban J connectivity index is 1.93. The van der Waals surface area contributed by atoms with Gasteiger partial charge in [-0.05, 0) is 32.8 Å². The van der Waals surface area contributed by atoms with E-state index < -0.39 is 0 Å². The maximum Gasteiger partial charge on any atom is 0.249 e. The molecular formula is C16H21N5O2. The molecule has 7 heteroatoms. The normalized spacial score (nSPS) is 17.7. The van der Waals surface area contributed by atoms with Crippen molar-refractivity contribution in [2.24, 2.45) is 0 Å². The third-order valence-electron chi connectivity index (χ3n) is 3.96. The van der Waals surface area contributed by atoms with Crippen LogP contribution in [-0.4, -0.2) is 51.0 Å². The first-order valence-electron chi connectivity index (χ1n) is 7.74. The highest BCUT2D eigenvalue weighted by Gasteiger charge is 2.32. The molecule has 0 bridgehead atoms. The first kappa shape index (κ1) is 15.6. The Morgan fingerprint density at radius 2 is 2.26 bits per heavy atom. The lowest BCUT2D eigenvalue weighted by Crippen LogP contribution is -2.34. The first-order chi connectivity index (χ1) is 11.1. The number of carbonyl (C=O) groups is 1. The maximum atomic E-state index is 12.2. The van der Waals surface area contributed by atoms with Crippen molar-refractivity contribution in [3.8, 4) is 11.5 Å². The molecule has 122 valence electrons. The van der Waals surface area contributed by atoms with Crippen molar-refractivity contribution in [2.75, 3.05) is 20.3 Å². The van der Waals surface area contributed by atoms with Crippen LogP contribution in [0.1, 0.15) is 36.1 Å². The molecule has 1 saturated heterocycles. The van der Waals surface area contributed by atoms with Crippen molar-refractivity contribution in [2.45, 2.75) is 32.7 Å². The number of nitrogens with one attached hydrogen (secondary N) is 1. The van der Waals surface area contributed by atoms with Crippen LogP contribution in [0.4, 0.5) is 0 Å². The zero-order valence-electron chi connectivity index (χ0n) is 13.7. The van der Waals surface area contributed by atoms with Crippen LogP contribution in [0, 0.1) is 13.8 Å². The molecule has 0 unspecified atom stereocenters. The van der Waals surface area contributed by atoms with Gasteiger partial charge in [-0.25, -0.2) is 15.0 Å². The van der Waals surface area contributed by atoms with Gasteiger partial charge in [-0.15, -0.1) is 0 Å². The lowest BCUT2D eigenvalue weighted by Gasteiger charge is -2.23. The predicted molar refractivity (Wildman–Crippen MR) is 84.7 cm³/mol. The van der Waals surface area contributed by atoms with Crippen molar-refractivity contribution < 1.29 is 9.53 Å². The number of rotatable bonds is 4. The second kappa shape index (κ2) is 6.45. The molecule has 1 amide bonds. The number of aromatic nitrogens is 4. The monoisotopic (exact) mass is 315 g/mol. The van der Waals surface area contributed by atoms with E-state index in [0.29, 0.717) is 5.82 Å². The highest BCUT2D eigenvalue weighted by atomic mass is 16.5. The molecule has 1 fully saturated rings. The molecule has 0 aromatic carbocycles. The standard InChI is InChI=1S/C16H21N5O2/c1-10-7-12(15-17-8-11(2)19-15)20-16(18-10)13-5-4-6-21(13)14(22)9-23-3/h7-8,13H,4-6,9H2,1-3H3,(H,17,19)/t13-/m0/s1. The zero-order valence-corrected chi connectivity index (χ0v) is 13.7. The molecule has 7 nitrogen and oxygen atoms in total. The van der Waals surface area contributed by atoms with Gasteiger partial charge in [0.15, 0.2) is 11.6 Å². The van der Waals surface area contributed by atoms with Crippen LogP contribution in [-0.2, 0) is 9.53 Å². The van der Waals surface area contributed by atoms with Crippen LogP contribution in [0.15, 0.2) is 12.3 Å². The van der Waals surface area contributed by atoms with Crippen LogP contribution in [0.3, 0.4) is 0 Å². The molecule has 3 heterocycles. The summed E-state index contributed by atoms with van der Waals surface area (Å²) in [7, 11) is 1.53. The van der Waals surface area contributed by atoms with Crippen molar-refractivity contribution >= 4 is 5.91 Å². The van der Waals surface area contributed by atoms with Gasteiger partial charge in [-0.3, -0.25) is 4.79 Å². The number of methoxy groups -OCH3 is 1. The number of imidazole rings is 1. The Morgan fingerprint density at radius 1 is 1.43 bits per heavy atom. The molecule has 3 rings (SSSR count). The van der Waals surface area contributed by atoms with Gasteiger partial charge in [0.2, 0.25) is 5.91 Å². The van der Waals surface area contributed by atoms with Crippen molar-refractivity contribution in [3.63, 3.8) is 0 Å². The van der Waals surface area contributed by atoms with E-state index >= 15 is 0 Å². The van der Waals surface area contributed by atoms with E-state index in [-0.39, 0.29) is 18.6 Å². The number of amides is 1. The summed E-state index contributed by atoms with van der Waals surface area (Å²) < 4.78 is 4.97. The van der Waals surface area contributed by atoms with E-state index in [1.54, 1.807) is 6.20 Å². The molecule has 0 aliphatic carbocycles. The molecule has 23 heavy (non-hydrogen) atoms. The Bertz CT molecular complexity index is 712. The fraction of sp³-hybridized carbons (Fsp3) is 0.500. The molecule has 1 aliphatic heterocycles. The summed E-state index contributed by atoms with van der Waals surface area (Å²) in [6, 6.07) is 1.81. The number of likely N-dealkylation sites (tertiary alicyclic amines) is 1. The van der Waals surface area contributed by atoms with Gasteiger partial charge in [-0.1, -0.05) is 0 Å². The number of aryl methyl sites for hydroxylation is 2. The van der Waals surface area contributed by atoms with Crippen LogP contribution in [0.25, 0.3) is 11.5 Å². The van der Waals surface area contributed by atoms with Crippen molar-refractivity contribution in [1.82, 2.24) is 24.8 Å². The fourth-order valence-corrected chi connectivity index (χ4v) is 2.94. The number of H-pyrrole nitrogens is 1. The summed E-state index contributed by atoms with van der Waals surface area (Å²) in [6.45, 7) is 4.69. The zero-order chi connectivity index (χ0) is 16.4. The SMILES string of the molecule is COCC(=O)N1CCC[C@H]1c1nc(C)cc(-c2ncc(C)[nH]2)n1. The van der Waals surface area contributed by atoms with Crippen LogP contribution in [0.2, 0.25) is 0 Å². The molecule has 0 saturated carbocycles. The quantitative estimate of drug-likeness (QED) is 0.930. The molecule has 1 aliphatic rings. The largest absolute Gasteiger partial charge is 0.375 e. The summed E-state index contributed by atoms with van der Waals surface area (Å²) in [5, 5.41) is 0. The van der Waals surface area contributed by atoms with E-state index in [4.69, 9.17) is 4.74 Å². The summed E-state index contributed by atoms with van der Waals surface area (Å²) in [5.74, 6) is 1.38. The third kappa shape index (κ3) is 3.24. The lowest BCUT2D eigenvalue weighted by atomic mass is 10.2. The number of hydrogen-bond acceptors (Lipinski definition) is 5. The van der Waals surface area contributed by atoms with Crippen LogP contribution >= 0.6 is 0 Å². The predicted octanol–water partition coefficient (Wildman–Crippen LogP) is 1.79. The van der Waals surface area contributed by atoms with Crippen molar-refractivity contribution in [1.29, 1.82) is 0 Å². The van der Waals surface area contributed by atoms with Gasteiger partial charge in [0.1, 0.15) is 12.3 Å². The number of nitrogens with zero attached hydrogens (tertiary/aromatic N) is 4. The van der Waals surface area contributed by atoms with Gasteiger partial charge >= 0.3 is 0 Å². The number of aromatic amines is 1. The number of hydrogen-bond donors (Lipinski definition) is 1. The van der Waals surface area contributed by atoms with Gasteiger partial charge < -0.3 is 14.6 Å². The van der Waals surface area contributed by atoms with Gasteiger partial charge in [0, 0.05) is 31.2 Å². The fourth-order valence-electron chi connectivity index (χ4n) is 2.94. The topological polar surface area (TPSA) is 84.0 Å². The number of carbonyl (C=O) groups excluding carboxylic acids is 1. The molecule has 1 atom stereocenters. The number of ether oxygens (including phenoxy) is 1. The van der Waals surface area contributed by atoms with E-state index in [1.807, 2.05) is 24.8 Å². The Hall–Kier alpha value is -2.28. The molecular weight excluding hydrogens is 294 g/mol. The minimum atomic E-state index is -0.0904. The maximum absolute atomic E-state index is 12.2. The second-order valence-electron chi connectivity index (χ2n) is 5.85. The minimum absolute atomic E-state index is 0.0181. The van der Waals surface area contributed by atoms with E-state index in [9.17, 15) is 4.79 Å². The van der Waals surface area contributed by atoms with Gasteiger partial charge in [0.25, 0.3) is 0 Å². The van der Waals surface area contributed by atoms with Crippen LogP contribution in [0.5, 0.6) is 0 Å². The summed E-state index contributed by atoms with van der Waals surface area (Å²) in [4.78, 5) is 30.7. The van der Waals surface area contributed by atoms with Gasteiger partial charge in [-0.2, -0.15) is 0 Å². The van der Waals surface area contributed by atoms with Gasteiger partial charge in [0.05, 0.1) is 6.04 Å². The Labute approximate surface area is 135 Å². The third-order valence-corrected chi connectivity index (χ3v) is 3.96. The molecule has 2 aromatic rings. The first-order valence-corrected chi connectivity index (χ1v) is 7.74. The van der Waals surface area contributed by atoms with E-state index in [0.717, 1.165) is 42.3 Å². The van der Waals surface area contributed by atoms with E-state index in [1.165, 1.54) is 7.11 Å². The summed E-state index contributed by atoms with van der Waals surface area (Å²) >= 11 is 0. The van der Waals surface area contributed by atoms with E-state index in [2.05, 4.69) is 19.9 Å². The second-order valence-corrected chi connectivity index (χ2v) is 5.85. The molecule has 2 aromatic heterocycles. The molecule has 1 N–H and O–H groups in total. The smallest absolute Gasteiger partial charge is 0.249 e. The van der Waals surface area contributed by atoms with Crippen molar-refractivity contribution in [3.05, 3.63) is 29.5 Å². The average Bonchev–Trinajstić information content (AvgIpc) is 3.15. The summed E-state index contributed by atoms with van der Waals surface area (Å²) in [5.41, 5.74) is 2.60. The summed E-state index contributed by atoms with van der Waals surface area (Å²) in [6.07, 6.45) is 3.60. The average molecular weight is 315 g/mol. The Morgan fingerprint density at radius 3 is 2.96 bits per heavy atom. The molecule has 0 spiro atoms.